The van der Waals surface area contributed by atoms with Crippen LogP contribution in [0.3, 0.4) is 0 Å². The number of carbonyl (C=O) groups excluding carboxylic acids is 2. The van der Waals surface area contributed by atoms with E-state index in [1.165, 1.54) is 0 Å². The van der Waals surface area contributed by atoms with E-state index in [2.05, 4.69) is 12.2 Å². The molecule has 1 N–H and O–H groups in total. The van der Waals surface area contributed by atoms with Crippen LogP contribution in [-0.2, 0) is 29.0 Å². The zero-order chi connectivity index (χ0) is 23.2. The van der Waals surface area contributed by atoms with Crippen molar-refractivity contribution in [1.82, 2.24) is 9.80 Å². The summed E-state index contributed by atoms with van der Waals surface area (Å²) in [6.45, 7) is 0.681. The lowest BCUT2D eigenvalue weighted by atomic mass is 9.91. The van der Waals surface area contributed by atoms with Gasteiger partial charge in [0, 0.05) is 13.6 Å². The maximum absolute atomic E-state index is 13.3. The Morgan fingerprint density at radius 3 is 2.61 bits per heavy atom. The van der Waals surface area contributed by atoms with Crippen LogP contribution in [0.15, 0.2) is 60.7 Å². The fourth-order valence-electron chi connectivity index (χ4n) is 4.81. The van der Waals surface area contributed by atoms with Gasteiger partial charge in [-0.1, -0.05) is 54.6 Å². The van der Waals surface area contributed by atoms with Gasteiger partial charge in [-0.25, -0.2) is 0 Å². The SMILES string of the molecule is CN1C(=O)COc2ccccc2C/C=C/C[C@@H]2[C@H]1CCCN2C(=O)Cc1ccc(CO)cc1. The molecule has 1 saturated heterocycles. The average Bonchev–Trinajstić information content (AvgIpc) is 2.85. The lowest BCUT2D eigenvalue weighted by Crippen LogP contribution is -2.58. The second-order valence-corrected chi connectivity index (χ2v) is 8.83. The number of carbonyl (C=O) groups is 2. The topological polar surface area (TPSA) is 70.1 Å². The Morgan fingerprint density at radius 1 is 1.06 bits per heavy atom. The molecule has 0 aliphatic carbocycles. The molecule has 0 saturated carbocycles. The molecule has 2 atom stereocenters. The standard InChI is InChI=1S/C27H32N2O4/c1-28-23-10-6-16-29(26(31)17-20-12-14-21(18-30)15-13-20)24(23)9-4-2-7-22-8-3-5-11-25(22)33-19-27(28)32/h2-5,8,11-15,23-24,30H,6-7,9-10,16-19H2,1H3/b4-2+/t23-,24-/m1/s1. The Balaban J connectivity index is 1.55. The minimum atomic E-state index is -0.0711. The number of fused-ring (bicyclic) bond motifs is 2. The van der Waals surface area contributed by atoms with E-state index in [1.807, 2.05) is 60.5 Å². The van der Waals surface area contributed by atoms with Crippen molar-refractivity contribution in [2.75, 3.05) is 20.2 Å². The van der Waals surface area contributed by atoms with Crippen LogP contribution in [0.4, 0.5) is 0 Å². The summed E-state index contributed by atoms with van der Waals surface area (Å²) in [4.78, 5) is 30.0. The van der Waals surface area contributed by atoms with Gasteiger partial charge < -0.3 is 19.6 Å². The van der Waals surface area contributed by atoms with E-state index >= 15 is 0 Å². The number of amides is 2. The van der Waals surface area contributed by atoms with Gasteiger partial charge in [-0.2, -0.15) is 0 Å². The number of allylic oxidation sites excluding steroid dienone is 1. The third kappa shape index (κ3) is 5.45. The van der Waals surface area contributed by atoms with Crippen LogP contribution in [0.1, 0.15) is 36.0 Å². The lowest BCUT2D eigenvalue weighted by Gasteiger charge is -2.45. The van der Waals surface area contributed by atoms with Crippen molar-refractivity contribution in [2.45, 2.75) is 50.8 Å². The number of rotatable bonds is 3. The molecule has 6 nitrogen and oxygen atoms in total. The van der Waals surface area contributed by atoms with Gasteiger partial charge in [0.15, 0.2) is 6.61 Å². The third-order valence-electron chi connectivity index (χ3n) is 6.72. The van der Waals surface area contributed by atoms with Crippen LogP contribution in [0.2, 0.25) is 0 Å². The van der Waals surface area contributed by atoms with Gasteiger partial charge in [-0.05, 0) is 48.4 Å². The van der Waals surface area contributed by atoms with Gasteiger partial charge in [0.25, 0.3) is 5.91 Å². The second-order valence-electron chi connectivity index (χ2n) is 8.83. The highest BCUT2D eigenvalue weighted by molar-refractivity contribution is 5.80. The predicted molar refractivity (Wildman–Crippen MR) is 127 cm³/mol. The molecule has 4 rings (SSSR count). The number of ether oxygens (including phenoxy) is 1. The smallest absolute Gasteiger partial charge is 0.260 e. The van der Waals surface area contributed by atoms with Gasteiger partial charge in [0.2, 0.25) is 5.91 Å². The Bertz CT molecular complexity index is 1000. The van der Waals surface area contributed by atoms with Crippen LogP contribution in [0.25, 0.3) is 0 Å². The molecule has 1 fully saturated rings. The second kappa shape index (κ2) is 10.7. The van der Waals surface area contributed by atoms with Gasteiger partial charge in [0.1, 0.15) is 5.75 Å². The Labute approximate surface area is 195 Å². The Morgan fingerprint density at radius 2 is 1.82 bits per heavy atom. The summed E-state index contributed by atoms with van der Waals surface area (Å²) in [5.41, 5.74) is 2.80. The van der Waals surface area contributed by atoms with Gasteiger partial charge in [-0.3, -0.25) is 9.59 Å². The molecule has 0 bridgehead atoms. The molecule has 174 valence electrons. The largest absolute Gasteiger partial charge is 0.483 e. The molecule has 2 heterocycles. The van der Waals surface area contributed by atoms with Crippen LogP contribution in [0.5, 0.6) is 5.75 Å². The normalized spacial score (nSPS) is 22.3. The van der Waals surface area contributed by atoms with Crippen LogP contribution in [-0.4, -0.2) is 59.0 Å². The van der Waals surface area contributed by atoms with E-state index in [0.29, 0.717) is 19.4 Å². The molecular weight excluding hydrogens is 416 g/mol. The number of likely N-dealkylation sites (tertiary alicyclic amines) is 1. The molecule has 33 heavy (non-hydrogen) atoms. The predicted octanol–water partition coefficient (Wildman–Crippen LogP) is 3.12. The summed E-state index contributed by atoms with van der Waals surface area (Å²) in [6.07, 6.45) is 7.74. The molecule has 0 unspecified atom stereocenters. The first-order chi connectivity index (χ1) is 16.1. The van der Waals surface area contributed by atoms with E-state index in [9.17, 15) is 14.7 Å². The van der Waals surface area contributed by atoms with E-state index in [0.717, 1.165) is 41.7 Å². The number of hydrogen-bond donors (Lipinski definition) is 1. The van der Waals surface area contributed by atoms with Crippen LogP contribution < -0.4 is 4.74 Å². The van der Waals surface area contributed by atoms with Crippen LogP contribution in [0, 0.1) is 0 Å². The number of benzene rings is 2. The van der Waals surface area contributed by atoms with Crippen molar-refractivity contribution in [1.29, 1.82) is 0 Å². The summed E-state index contributed by atoms with van der Waals surface area (Å²) in [6, 6.07) is 15.2. The first-order valence-electron chi connectivity index (χ1n) is 11.7. The van der Waals surface area contributed by atoms with Gasteiger partial charge in [0.05, 0.1) is 25.1 Å². The number of likely N-dealkylation sites (N-methyl/N-ethyl adjacent to an activating group) is 1. The number of para-hydroxylation sites is 1. The maximum Gasteiger partial charge on any atom is 0.260 e. The lowest BCUT2D eigenvalue weighted by molar-refractivity contribution is -0.143. The first-order valence-corrected chi connectivity index (χ1v) is 11.7. The molecule has 2 amide bonds. The highest BCUT2D eigenvalue weighted by Crippen LogP contribution is 2.27. The molecule has 0 radical (unpaired) electrons. The average molecular weight is 449 g/mol. The molecule has 2 aromatic rings. The van der Waals surface area contributed by atoms with E-state index in [-0.39, 0.29) is 37.1 Å². The quantitative estimate of drug-likeness (QED) is 0.733. The number of hydrogen-bond acceptors (Lipinski definition) is 4. The first kappa shape index (κ1) is 23.1. The molecule has 2 aromatic carbocycles. The van der Waals surface area contributed by atoms with Crippen molar-refractivity contribution in [2.24, 2.45) is 0 Å². The Kier molecular flexibility index (Phi) is 7.45. The van der Waals surface area contributed by atoms with Crippen molar-refractivity contribution in [3.8, 4) is 5.75 Å². The summed E-state index contributed by atoms with van der Waals surface area (Å²) in [5, 5.41) is 9.25. The minimum Gasteiger partial charge on any atom is -0.483 e. The van der Waals surface area contributed by atoms with Crippen molar-refractivity contribution < 1.29 is 19.4 Å². The molecule has 2 aliphatic rings. The maximum atomic E-state index is 13.3. The van der Waals surface area contributed by atoms with Crippen LogP contribution >= 0.6 is 0 Å². The zero-order valence-corrected chi connectivity index (χ0v) is 19.2. The fourth-order valence-corrected chi connectivity index (χ4v) is 4.81. The molecule has 0 aromatic heterocycles. The minimum absolute atomic E-state index is 0.00833. The number of aliphatic hydroxyl groups is 1. The van der Waals surface area contributed by atoms with E-state index in [1.54, 1.807) is 4.90 Å². The highest BCUT2D eigenvalue weighted by Gasteiger charge is 2.37. The van der Waals surface area contributed by atoms with Crippen molar-refractivity contribution in [3.05, 3.63) is 77.4 Å². The van der Waals surface area contributed by atoms with E-state index < -0.39 is 0 Å². The third-order valence-corrected chi connectivity index (χ3v) is 6.72. The van der Waals surface area contributed by atoms with Gasteiger partial charge >= 0.3 is 0 Å². The summed E-state index contributed by atoms with van der Waals surface area (Å²) >= 11 is 0. The summed E-state index contributed by atoms with van der Waals surface area (Å²) < 4.78 is 5.87. The fraction of sp³-hybridized carbons (Fsp3) is 0.407. The number of aliphatic hydroxyl groups excluding tert-OH is 1. The monoisotopic (exact) mass is 448 g/mol. The highest BCUT2D eigenvalue weighted by atomic mass is 16.5. The zero-order valence-electron chi connectivity index (χ0n) is 19.2. The van der Waals surface area contributed by atoms with Crippen molar-refractivity contribution >= 4 is 11.8 Å². The number of piperidine rings is 1. The summed E-state index contributed by atoms with van der Waals surface area (Å²) in [5.74, 6) is 0.747. The number of nitrogens with zero attached hydrogens (tertiary/aromatic N) is 2. The van der Waals surface area contributed by atoms with Gasteiger partial charge in [-0.15, -0.1) is 0 Å². The summed E-state index contributed by atoms with van der Waals surface area (Å²) in [7, 11) is 1.83. The molecule has 2 aliphatic heterocycles. The Hall–Kier alpha value is -3.12. The molecule has 0 spiro atoms. The molecular formula is C27H32N2O4. The van der Waals surface area contributed by atoms with E-state index in [4.69, 9.17) is 4.74 Å². The molecule has 6 heteroatoms. The van der Waals surface area contributed by atoms with Crippen molar-refractivity contribution in [3.63, 3.8) is 0 Å².